The number of methoxy groups -OCH3 is 1. The molecular weight excluding hydrogens is 717 g/mol. The van der Waals surface area contributed by atoms with Crippen LogP contribution in [0.25, 0.3) is 17.5 Å². The molecule has 6 bridgehead atoms. The summed E-state index contributed by atoms with van der Waals surface area (Å²) < 4.78 is 38.8. The third-order valence-corrected chi connectivity index (χ3v) is 12.4. The molecule has 4 aliphatic rings. The largest absolute Gasteiger partial charge is 0.496 e. The van der Waals surface area contributed by atoms with Crippen molar-refractivity contribution in [3.63, 3.8) is 0 Å². The number of nitrogens with one attached hydrogen (secondary N) is 3. The average Bonchev–Trinajstić information content (AvgIpc) is 3.99. The van der Waals surface area contributed by atoms with Crippen molar-refractivity contribution in [3.8, 4) is 17.1 Å². The molecule has 6 rings (SSSR count). The van der Waals surface area contributed by atoms with Crippen LogP contribution in [0.1, 0.15) is 84.7 Å². The summed E-state index contributed by atoms with van der Waals surface area (Å²) >= 11 is 0. The van der Waals surface area contributed by atoms with Crippen molar-refractivity contribution < 1.29 is 37.1 Å². The van der Waals surface area contributed by atoms with Crippen LogP contribution in [0.5, 0.6) is 5.75 Å². The first-order chi connectivity index (χ1) is 25.4. The zero-order valence-electron chi connectivity index (χ0n) is 31.6. The van der Waals surface area contributed by atoms with Crippen molar-refractivity contribution in [2.24, 2.45) is 16.7 Å². The summed E-state index contributed by atoms with van der Waals surface area (Å²) in [4.78, 5) is 58.4. The highest BCUT2D eigenvalue weighted by Crippen LogP contribution is 2.46. The van der Waals surface area contributed by atoms with Crippen LogP contribution >= 0.6 is 0 Å². The first kappa shape index (κ1) is 38.9. The van der Waals surface area contributed by atoms with Crippen LogP contribution in [-0.4, -0.2) is 100 Å². The van der Waals surface area contributed by atoms with Crippen molar-refractivity contribution >= 4 is 39.9 Å². The average molecular weight is 767 g/mol. The van der Waals surface area contributed by atoms with Crippen LogP contribution in [0.2, 0.25) is 0 Å². The number of ether oxygens (including phenoxy) is 2. The van der Waals surface area contributed by atoms with Crippen LogP contribution < -0.4 is 20.1 Å². The van der Waals surface area contributed by atoms with E-state index in [-0.39, 0.29) is 26.0 Å². The molecule has 1 aromatic carbocycles. The Morgan fingerprint density at radius 3 is 2.57 bits per heavy atom. The van der Waals surface area contributed by atoms with Crippen LogP contribution in [0.15, 0.2) is 36.9 Å². The quantitative estimate of drug-likeness (QED) is 0.350. The summed E-state index contributed by atoms with van der Waals surface area (Å²) in [7, 11) is -2.32. The molecular formula is C37H50N8O8S. The third kappa shape index (κ3) is 8.15. The van der Waals surface area contributed by atoms with Crippen LogP contribution in [0.3, 0.4) is 0 Å². The van der Waals surface area contributed by atoms with Gasteiger partial charge in [0.15, 0.2) is 0 Å². The van der Waals surface area contributed by atoms with Gasteiger partial charge >= 0.3 is 6.09 Å². The maximum atomic E-state index is 14.6. The van der Waals surface area contributed by atoms with E-state index in [2.05, 4.69) is 37.3 Å². The molecule has 1 aromatic heterocycles. The van der Waals surface area contributed by atoms with Gasteiger partial charge in [-0.15, -0.1) is 16.8 Å². The van der Waals surface area contributed by atoms with Gasteiger partial charge in [0.2, 0.25) is 27.7 Å². The van der Waals surface area contributed by atoms with Gasteiger partial charge in [0, 0.05) is 30.0 Å². The number of nitrogens with zero attached hydrogens (tertiary/aromatic N) is 5. The second-order valence-corrected chi connectivity index (χ2v) is 18.6. The number of tetrazole rings is 1. The number of carbonyl (C=O) groups excluding carboxylic acids is 4. The zero-order valence-corrected chi connectivity index (χ0v) is 32.4. The van der Waals surface area contributed by atoms with E-state index in [9.17, 15) is 27.6 Å². The number of benzene rings is 1. The molecule has 5 atom stereocenters. The molecule has 0 unspecified atom stereocenters. The SMILES string of the molecule is C=C[C@H]1C[C@@]1(NC(=O)[C@@H]1C[C@@H]2CN1C(=O)[C@@H](C(C)(C)C)NC(=O)OCC(C)(C)CC/C=C\c1cc(ccc1OC)-c1nnn2n1)C(=O)NS(=O)(=O)C1CC1. The standard InChI is InChI=1S/C37H50N8O8S/c1-8-24-19-37(24,33(48)42-54(50,51)26-13-14-26)39-31(46)27-18-25-20-44(27)32(47)29(35(2,3)4)38-34(49)53-21-36(5,6)16-10-9-11-22-17-23(12-15-28(22)52-7)30-40-43-45(25)41-30/h8-9,11-12,15,17,24-27,29H,1,10,13-14,16,18-21H2,2-7H3,(H,38,49)(H,39,46)(H,42,48)/b11-9-/t24-,25+,27-,29-,37-/m0/s1. The Balaban J connectivity index is 1.35. The molecule has 54 heavy (non-hydrogen) atoms. The molecule has 3 heterocycles. The Hall–Kier alpha value is -4.80. The summed E-state index contributed by atoms with van der Waals surface area (Å²) in [5.41, 5.74) is -1.29. The topological polar surface area (TPSA) is 204 Å². The Bertz CT molecular complexity index is 1970. The lowest BCUT2D eigenvalue weighted by atomic mass is 9.85. The highest BCUT2D eigenvalue weighted by molar-refractivity contribution is 7.91. The lowest BCUT2D eigenvalue weighted by Crippen LogP contribution is -2.60. The van der Waals surface area contributed by atoms with Gasteiger partial charge in [0.25, 0.3) is 5.91 Å². The van der Waals surface area contributed by atoms with Gasteiger partial charge in [-0.1, -0.05) is 52.8 Å². The van der Waals surface area contributed by atoms with Crippen LogP contribution in [-0.2, 0) is 29.1 Å². The number of rotatable bonds is 7. The number of amides is 4. The molecule has 16 nitrogen and oxygen atoms in total. The van der Waals surface area contributed by atoms with Gasteiger partial charge in [0.1, 0.15) is 23.4 Å². The molecule has 3 fully saturated rings. The van der Waals surface area contributed by atoms with E-state index in [1.807, 2.05) is 44.2 Å². The highest BCUT2D eigenvalue weighted by atomic mass is 32.2. The van der Waals surface area contributed by atoms with Crippen molar-refractivity contribution in [3.05, 3.63) is 42.5 Å². The van der Waals surface area contributed by atoms with E-state index in [4.69, 9.17) is 9.47 Å². The second-order valence-electron chi connectivity index (χ2n) is 16.6. The molecule has 3 N–H and O–H groups in total. The fourth-order valence-corrected chi connectivity index (χ4v) is 8.35. The van der Waals surface area contributed by atoms with Gasteiger partial charge in [-0.25, -0.2) is 13.2 Å². The van der Waals surface area contributed by atoms with E-state index in [1.165, 1.54) is 15.8 Å². The monoisotopic (exact) mass is 766 g/mol. The van der Waals surface area contributed by atoms with E-state index in [0.29, 0.717) is 42.8 Å². The summed E-state index contributed by atoms with van der Waals surface area (Å²) in [6.45, 7) is 13.2. The molecule has 2 aromatic rings. The Kier molecular flexibility index (Phi) is 10.4. The number of hydrogen-bond acceptors (Lipinski definition) is 11. The number of fused-ring (bicyclic) bond motifs is 8. The van der Waals surface area contributed by atoms with Gasteiger partial charge in [-0.2, -0.15) is 4.80 Å². The molecule has 4 amide bonds. The van der Waals surface area contributed by atoms with E-state index in [1.54, 1.807) is 27.9 Å². The van der Waals surface area contributed by atoms with Crippen molar-refractivity contribution in [2.45, 2.75) is 102 Å². The first-order valence-electron chi connectivity index (χ1n) is 18.3. The van der Waals surface area contributed by atoms with E-state index >= 15 is 0 Å². The maximum Gasteiger partial charge on any atom is 0.407 e. The zero-order chi connectivity index (χ0) is 39.2. The van der Waals surface area contributed by atoms with Crippen LogP contribution in [0.4, 0.5) is 4.79 Å². The van der Waals surface area contributed by atoms with Crippen molar-refractivity contribution in [1.29, 1.82) is 0 Å². The van der Waals surface area contributed by atoms with E-state index < -0.39 is 79.5 Å². The van der Waals surface area contributed by atoms with Gasteiger partial charge in [0.05, 0.1) is 25.0 Å². The Morgan fingerprint density at radius 1 is 1.19 bits per heavy atom. The minimum absolute atomic E-state index is 0.0280. The summed E-state index contributed by atoms with van der Waals surface area (Å²) in [6.07, 6.45) is 7.18. The summed E-state index contributed by atoms with van der Waals surface area (Å²) in [5, 5.41) is 18.2. The molecule has 0 spiro atoms. The lowest BCUT2D eigenvalue weighted by Gasteiger charge is -2.35. The Labute approximate surface area is 315 Å². The number of aromatic nitrogens is 4. The van der Waals surface area contributed by atoms with Crippen LogP contribution in [0, 0.1) is 16.7 Å². The fraction of sp³-hybridized carbons (Fsp3) is 0.595. The molecule has 1 saturated heterocycles. The number of carbonyl (C=O) groups is 4. The number of sulfonamides is 1. The molecule has 292 valence electrons. The Morgan fingerprint density at radius 2 is 1.93 bits per heavy atom. The van der Waals surface area contributed by atoms with E-state index in [0.717, 1.165) is 5.56 Å². The highest BCUT2D eigenvalue weighted by Gasteiger charge is 2.62. The molecule has 17 heteroatoms. The second kappa shape index (κ2) is 14.5. The lowest BCUT2D eigenvalue weighted by molar-refractivity contribution is -0.142. The minimum Gasteiger partial charge on any atom is -0.496 e. The van der Waals surface area contributed by atoms with Crippen molar-refractivity contribution in [1.82, 2.24) is 40.5 Å². The number of hydrogen-bond donors (Lipinski definition) is 3. The van der Waals surface area contributed by atoms with Gasteiger partial charge in [-0.3, -0.25) is 19.1 Å². The molecule has 2 saturated carbocycles. The summed E-state index contributed by atoms with van der Waals surface area (Å²) in [5.74, 6) is -1.62. The molecule has 2 aliphatic carbocycles. The van der Waals surface area contributed by atoms with Gasteiger partial charge < -0.3 is 25.0 Å². The number of cyclic esters (lactones) is 1. The first-order valence-corrected chi connectivity index (χ1v) is 19.8. The third-order valence-electron chi connectivity index (χ3n) is 10.6. The van der Waals surface area contributed by atoms with Gasteiger partial charge in [-0.05, 0) is 66.3 Å². The predicted octanol–water partition coefficient (Wildman–Crippen LogP) is 3.13. The van der Waals surface area contributed by atoms with Crippen molar-refractivity contribution in [2.75, 3.05) is 20.3 Å². The normalized spacial score (nSPS) is 27.9. The molecule has 2 aliphatic heterocycles. The predicted molar refractivity (Wildman–Crippen MR) is 198 cm³/mol. The number of alkyl carbamates (subject to hydrolysis) is 1. The number of allylic oxidation sites excluding steroid dienone is 1. The minimum atomic E-state index is -3.90. The smallest absolute Gasteiger partial charge is 0.407 e. The maximum absolute atomic E-state index is 14.6. The fourth-order valence-electron chi connectivity index (χ4n) is 6.98. The summed E-state index contributed by atoms with van der Waals surface area (Å²) in [6, 6.07) is 2.63. The molecule has 0 radical (unpaired) electrons.